The number of carboxylic acids is 1. The summed E-state index contributed by atoms with van der Waals surface area (Å²) in [6.45, 7) is 4.79. The fourth-order valence-electron chi connectivity index (χ4n) is 11.3. The van der Waals surface area contributed by atoms with Gasteiger partial charge in [-0.15, -0.1) is 0 Å². The minimum absolute atomic E-state index is 0.149. The molecule has 0 fully saturated rings. The summed E-state index contributed by atoms with van der Waals surface area (Å²) in [6.07, 6.45) is 90.4. The van der Waals surface area contributed by atoms with Crippen molar-refractivity contribution in [1.82, 2.24) is 0 Å². The molecule has 0 amide bonds. The van der Waals surface area contributed by atoms with Gasteiger partial charge in [0.2, 0.25) is 0 Å². The van der Waals surface area contributed by atoms with E-state index in [-0.39, 0.29) is 32.2 Å². The van der Waals surface area contributed by atoms with Crippen molar-refractivity contribution in [1.29, 1.82) is 0 Å². The highest BCUT2D eigenvalue weighted by atomic mass is 16.7. The fraction of sp³-hybridized carbons (Fsp3) is 0.838. The molecule has 520 valence electrons. The lowest BCUT2D eigenvalue weighted by molar-refractivity contribution is -0.870. The minimum atomic E-state index is -1.62. The molecule has 0 spiro atoms. The normalized spacial score (nSPS) is 13.0. The number of rotatable bonds is 72. The fourth-order valence-corrected chi connectivity index (χ4v) is 11.3. The van der Waals surface area contributed by atoms with Crippen molar-refractivity contribution in [3.63, 3.8) is 0 Å². The number of allylic oxidation sites excluding steroid dienone is 10. The van der Waals surface area contributed by atoms with E-state index >= 15 is 0 Å². The first-order valence-electron chi connectivity index (χ1n) is 38.4. The molecule has 0 saturated carbocycles. The lowest BCUT2D eigenvalue weighted by Crippen LogP contribution is -2.44. The van der Waals surface area contributed by atoms with Gasteiger partial charge >= 0.3 is 11.9 Å². The number of likely N-dealkylation sites (N-methyl/N-ethyl adjacent to an activating group) is 1. The SMILES string of the molecule is CCCCCCC/C=C\C/C=C\C/C=C\CCCCCCCCCCCCCCCCCCCCC(=O)OC(COC(=O)CCCCCCCCCCCCCCCCCCCCC/C=C\C/C=C\CCCCCCC)COC(OCC[N+](C)(C)C)C(=O)[O-]. The van der Waals surface area contributed by atoms with Crippen molar-refractivity contribution >= 4 is 17.9 Å². The molecule has 0 saturated heterocycles. The van der Waals surface area contributed by atoms with E-state index in [1.807, 2.05) is 21.1 Å². The number of quaternary nitrogens is 1. The van der Waals surface area contributed by atoms with E-state index < -0.39 is 24.3 Å². The number of hydrogen-bond donors (Lipinski definition) is 0. The molecule has 2 atom stereocenters. The predicted octanol–water partition coefficient (Wildman–Crippen LogP) is 22.9. The van der Waals surface area contributed by atoms with E-state index in [1.54, 1.807) is 0 Å². The summed E-state index contributed by atoms with van der Waals surface area (Å²) < 4.78 is 22.9. The molecule has 0 N–H and O–H groups in total. The number of ether oxygens (including phenoxy) is 4. The third kappa shape index (κ3) is 72.3. The Labute approximate surface area is 552 Å². The van der Waals surface area contributed by atoms with Crippen LogP contribution in [0.25, 0.3) is 0 Å². The van der Waals surface area contributed by atoms with Gasteiger partial charge in [0.1, 0.15) is 13.2 Å². The van der Waals surface area contributed by atoms with E-state index in [2.05, 4.69) is 74.6 Å². The second kappa shape index (κ2) is 70.9. The zero-order chi connectivity index (χ0) is 64.7. The van der Waals surface area contributed by atoms with Gasteiger partial charge in [-0.25, -0.2) is 0 Å². The van der Waals surface area contributed by atoms with Crippen LogP contribution in [0, 0.1) is 0 Å². The Morgan fingerprint density at radius 3 is 0.899 bits per heavy atom. The molecule has 2 unspecified atom stereocenters. The second-order valence-corrected chi connectivity index (χ2v) is 27.3. The van der Waals surface area contributed by atoms with E-state index in [1.165, 1.54) is 289 Å². The Kier molecular flexibility index (Phi) is 68.5. The van der Waals surface area contributed by atoms with Crippen molar-refractivity contribution in [3.05, 3.63) is 60.8 Å². The molecule has 0 radical (unpaired) electrons. The monoisotopic (exact) mass is 1250 g/mol. The first-order chi connectivity index (χ1) is 43.6. The largest absolute Gasteiger partial charge is 0.545 e. The van der Waals surface area contributed by atoms with Crippen LogP contribution in [0.15, 0.2) is 60.8 Å². The topological polar surface area (TPSA) is 111 Å². The molecular weight excluding hydrogens is 1100 g/mol. The zero-order valence-electron chi connectivity index (χ0n) is 59.6. The summed E-state index contributed by atoms with van der Waals surface area (Å²) in [5.74, 6) is -2.26. The number of carbonyl (C=O) groups excluding carboxylic acids is 3. The Hall–Kier alpha value is -3.01. The Morgan fingerprint density at radius 2 is 0.607 bits per heavy atom. The van der Waals surface area contributed by atoms with Crippen molar-refractivity contribution in [2.24, 2.45) is 0 Å². The molecule has 0 heterocycles. The van der Waals surface area contributed by atoms with Crippen molar-refractivity contribution in [2.75, 3.05) is 47.5 Å². The molecule has 0 aliphatic carbocycles. The van der Waals surface area contributed by atoms with Crippen LogP contribution in [0.2, 0.25) is 0 Å². The van der Waals surface area contributed by atoms with Gasteiger partial charge in [-0.05, 0) is 83.5 Å². The Morgan fingerprint density at radius 1 is 0.337 bits per heavy atom. The van der Waals surface area contributed by atoms with E-state index in [4.69, 9.17) is 18.9 Å². The summed E-state index contributed by atoms with van der Waals surface area (Å²) in [4.78, 5) is 37.6. The molecule has 0 aromatic rings. The lowest BCUT2D eigenvalue weighted by atomic mass is 10.0. The number of aliphatic carboxylic acids is 1. The van der Waals surface area contributed by atoms with Crippen LogP contribution in [-0.4, -0.2) is 82.3 Å². The summed E-state index contributed by atoms with van der Waals surface area (Å²) in [7, 11) is 5.95. The highest BCUT2D eigenvalue weighted by Gasteiger charge is 2.22. The molecule has 0 bridgehead atoms. The highest BCUT2D eigenvalue weighted by molar-refractivity contribution is 5.70. The second-order valence-electron chi connectivity index (χ2n) is 27.3. The van der Waals surface area contributed by atoms with Crippen LogP contribution in [0.3, 0.4) is 0 Å². The van der Waals surface area contributed by atoms with E-state index in [0.717, 1.165) is 51.4 Å². The lowest BCUT2D eigenvalue weighted by Gasteiger charge is -2.26. The molecule has 0 aliphatic heterocycles. The standard InChI is InChI=1S/C80H147NO8/c1-6-8-10-12-14-16-18-20-22-24-26-28-30-32-34-36-38-39-41-43-45-47-49-51-53-55-57-59-61-63-65-67-69-71-78(83)89-76(75-88-80(79(84)85)86-73-72-81(3,4)5)74-87-77(82)70-68-66-64-62-60-58-56-54-52-50-48-46-44-42-40-37-35-33-31-29-27-25-23-21-19-17-15-13-11-9-7-2/h18-21,24-27,30,32,76,80H,6-17,22-23,28-29,31,33-75H2,1-5H3/b20-18-,21-19-,26-24-,27-25-,32-30-. The maximum Gasteiger partial charge on any atom is 0.306 e. The molecule has 0 rings (SSSR count). The van der Waals surface area contributed by atoms with E-state index in [9.17, 15) is 19.5 Å². The number of unbranched alkanes of at least 4 members (excludes halogenated alkanes) is 47. The number of carboxylic acid groups (broad SMARTS) is 1. The van der Waals surface area contributed by atoms with Crippen LogP contribution in [0.4, 0.5) is 0 Å². The molecule has 0 aliphatic rings. The maximum absolute atomic E-state index is 13.0. The van der Waals surface area contributed by atoms with Crippen LogP contribution >= 0.6 is 0 Å². The van der Waals surface area contributed by atoms with Crippen molar-refractivity contribution < 1.29 is 42.9 Å². The number of nitrogens with zero attached hydrogens (tertiary/aromatic N) is 1. The highest BCUT2D eigenvalue weighted by Crippen LogP contribution is 2.19. The van der Waals surface area contributed by atoms with Gasteiger partial charge in [-0.3, -0.25) is 9.59 Å². The van der Waals surface area contributed by atoms with Crippen molar-refractivity contribution in [3.8, 4) is 0 Å². The van der Waals surface area contributed by atoms with Gasteiger partial charge in [-0.1, -0.05) is 338 Å². The summed E-state index contributed by atoms with van der Waals surface area (Å²) in [6, 6.07) is 0. The van der Waals surface area contributed by atoms with Crippen LogP contribution < -0.4 is 5.11 Å². The van der Waals surface area contributed by atoms with Crippen molar-refractivity contribution in [2.45, 2.75) is 386 Å². The molecule has 9 heteroatoms. The molecule has 9 nitrogen and oxygen atoms in total. The van der Waals surface area contributed by atoms with Gasteiger partial charge in [-0.2, -0.15) is 0 Å². The molecule has 89 heavy (non-hydrogen) atoms. The van der Waals surface area contributed by atoms with Crippen LogP contribution in [-0.2, 0) is 33.3 Å². The van der Waals surface area contributed by atoms with Crippen LogP contribution in [0.1, 0.15) is 373 Å². The molecule has 0 aromatic carbocycles. The minimum Gasteiger partial charge on any atom is -0.545 e. The summed E-state index contributed by atoms with van der Waals surface area (Å²) >= 11 is 0. The van der Waals surface area contributed by atoms with Gasteiger partial charge < -0.3 is 33.3 Å². The van der Waals surface area contributed by atoms with Gasteiger partial charge in [0.25, 0.3) is 0 Å². The Bertz CT molecular complexity index is 1650. The molecule has 0 aromatic heterocycles. The third-order valence-corrected chi connectivity index (χ3v) is 17.2. The first-order valence-corrected chi connectivity index (χ1v) is 38.4. The van der Waals surface area contributed by atoms with E-state index in [0.29, 0.717) is 23.9 Å². The average molecular weight is 1250 g/mol. The molecular formula is C80H147NO8. The number of hydrogen-bond acceptors (Lipinski definition) is 8. The maximum atomic E-state index is 13.0. The Balaban J connectivity index is 4.02. The smallest absolute Gasteiger partial charge is 0.306 e. The predicted molar refractivity (Wildman–Crippen MR) is 380 cm³/mol. The van der Waals surface area contributed by atoms with Gasteiger partial charge in [0.05, 0.1) is 40.3 Å². The van der Waals surface area contributed by atoms with Crippen LogP contribution in [0.5, 0.6) is 0 Å². The number of carbonyl (C=O) groups is 3. The zero-order valence-corrected chi connectivity index (χ0v) is 59.6. The quantitative estimate of drug-likeness (QED) is 0.0195. The van der Waals surface area contributed by atoms with Gasteiger partial charge in [0, 0.05) is 12.8 Å². The summed E-state index contributed by atoms with van der Waals surface area (Å²) in [5, 5.41) is 11.8. The first kappa shape index (κ1) is 86.0. The third-order valence-electron chi connectivity index (χ3n) is 17.2. The number of esters is 2. The summed E-state index contributed by atoms with van der Waals surface area (Å²) in [5.41, 5.74) is 0. The average Bonchev–Trinajstić information content (AvgIpc) is 3.64. The van der Waals surface area contributed by atoms with Gasteiger partial charge in [0.15, 0.2) is 12.4 Å².